The predicted octanol–water partition coefficient (Wildman–Crippen LogP) is 4.36. The molecular formula is C14H14Cl2. The zero-order valence-electron chi connectivity index (χ0n) is 8.94. The zero-order chi connectivity index (χ0) is 11.4. The second kappa shape index (κ2) is 5.07. The summed E-state index contributed by atoms with van der Waals surface area (Å²) in [4.78, 5) is 0. The van der Waals surface area contributed by atoms with Gasteiger partial charge in [0.2, 0.25) is 0 Å². The quantitative estimate of drug-likeness (QED) is 0.554. The minimum Gasteiger partial charge on any atom is -0.125 e. The fourth-order valence-corrected chi connectivity index (χ4v) is 2.46. The van der Waals surface area contributed by atoms with E-state index in [1.807, 2.05) is 6.07 Å². The van der Waals surface area contributed by atoms with Crippen molar-refractivity contribution >= 4 is 23.2 Å². The van der Waals surface area contributed by atoms with Crippen LogP contribution in [0.15, 0.2) is 54.6 Å². The molecule has 1 aliphatic carbocycles. The fourth-order valence-electron chi connectivity index (χ4n) is 1.82. The maximum absolute atomic E-state index is 5.94. The number of rotatable bonds is 3. The van der Waals surface area contributed by atoms with Crippen LogP contribution in [0, 0.1) is 5.41 Å². The molecule has 0 N–H and O–H groups in total. The molecule has 1 aromatic carbocycles. The van der Waals surface area contributed by atoms with E-state index in [0.717, 1.165) is 0 Å². The summed E-state index contributed by atoms with van der Waals surface area (Å²) in [6.07, 6.45) is 8.62. The number of benzene rings is 1. The van der Waals surface area contributed by atoms with Crippen molar-refractivity contribution < 1.29 is 0 Å². The average molecular weight is 253 g/mol. The van der Waals surface area contributed by atoms with Crippen molar-refractivity contribution in [3.05, 3.63) is 60.2 Å². The van der Waals surface area contributed by atoms with Crippen LogP contribution in [0.1, 0.15) is 11.5 Å². The fraction of sp³-hybridized carbons (Fsp3) is 0.286. The first-order valence-electron chi connectivity index (χ1n) is 5.35. The van der Waals surface area contributed by atoms with E-state index in [-0.39, 0.29) is 5.41 Å². The molecule has 0 bridgehead atoms. The zero-order valence-corrected chi connectivity index (χ0v) is 10.5. The van der Waals surface area contributed by atoms with Crippen molar-refractivity contribution in [1.82, 2.24) is 0 Å². The summed E-state index contributed by atoms with van der Waals surface area (Å²) < 4.78 is 0. The Hall–Kier alpha value is -0.720. The highest BCUT2D eigenvalue weighted by Gasteiger charge is 2.25. The van der Waals surface area contributed by atoms with E-state index in [9.17, 15) is 0 Å². The third-order valence-electron chi connectivity index (χ3n) is 2.95. The van der Waals surface area contributed by atoms with Crippen LogP contribution in [-0.2, 0) is 0 Å². The van der Waals surface area contributed by atoms with Gasteiger partial charge in [0.15, 0.2) is 0 Å². The van der Waals surface area contributed by atoms with Gasteiger partial charge in [-0.15, -0.1) is 23.2 Å². The molecule has 0 saturated heterocycles. The molecule has 1 aliphatic rings. The van der Waals surface area contributed by atoms with Gasteiger partial charge in [-0.2, -0.15) is 0 Å². The lowest BCUT2D eigenvalue weighted by Crippen LogP contribution is -2.22. The van der Waals surface area contributed by atoms with E-state index >= 15 is 0 Å². The molecule has 0 amide bonds. The largest absolute Gasteiger partial charge is 0.125 e. The van der Waals surface area contributed by atoms with Crippen LogP contribution in [0.5, 0.6) is 0 Å². The van der Waals surface area contributed by atoms with Crippen molar-refractivity contribution in [2.45, 2.75) is 5.92 Å². The van der Waals surface area contributed by atoms with Gasteiger partial charge < -0.3 is 0 Å². The Morgan fingerprint density at radius 3 is 2.00 bits per heavy atom. The number of allylic oxidation sites excluding steroid dienone is 4. The van der Waals surface area contributed by atoms with Crippen molar-refractivity contribution in [1.29, 1.82) is 0 Å². The monoisotopic (exact) mass is 252 g/mol. The molecule has 0 fully saturated rings. The summed E-state index contributed by atoms with van der Waals surface area (Å²) in [5, 5.41) is 0. The molecule has 84 valence electrons. The highest BCUT2D eigenvalue weighted by atomic mass is 35.5. The maximum atomic E-state index is 5.94. The van der Waals surface area contributed by atoms with Gasteiger partial charge in [-0.3, -0.25) is 0 Å². The third-order valence-corrected chi connectivity index (χ3v) is 3.95. The van der Waals surface area contributed by atoms with Gasteiger partial charge in [-0.1, -0.05) is 54.6 Å². The van der Waals surface area contributed by atoms with Crippen LogP contribution in [-0.4, -0.2) is 11.8 Å². The molecule has 1 aromatic rings. The number of halogens is 2. The Morgan fingerprint density at radius 2 is 1.50 bits per heavy atom. The van der Waals surface area contributed by atoms with E-state index < -0.39 is 0 Å². The van der Waals surface area contributed by atoms with Gasteiger partial charge in [0.05, 0.1) is 0 Å². The molecule has 0 saturated carbocycles. The predicted molar refractivity (Wildman–Crippen MR) is 71.3 cm³/mol. The van der Waals surface area contributed by atoms with Crippen LogP contribution in [0.4, 0.5) is 0 Å². The van der Waals surface area contributed by atoms with Crippen molar-refractivity contribution in [2.24, 2.45) is 5.41 Å². The SMILES string of the molecule is ClCC1(CCl)C=CC(c2ccccc2)C=C1. The summed E-state index contributed by atoms with van der Waals surface area (Å²) in [7, 11) is 0. The van der Waals surface area contributed by atoms with Gasteiger partial charge in [0.1, 0.15) is 0 Å². The molecule has 0 nitrogen and oxygen atoms in total. The standard InChI is InChI=1S/C14H14Cl2/c15-10-14(11-16)8-6-13(7-9-14)12-4-2-1-3-5-12/h1-9,13H,10-11H2. The lowest BCUT2D eigenvalue weighted by atomic mass is 9.83. The molecule has 0 unspecified atom stereocenters. The number of hydrogen-bond donors (Lipinski definition) is 0. The minimum absolute atomic E-state index is 0.158. The summed E-state index contributed by atoms with van der Waals surface area (Å²) >= 11 is 11.9. The summed E-state index contributed by atoms with van der Waals surface area (Å²) in [5.74, 6) is 1.41. The number of alkyl halides is 2. The molecule has 0 atom stereocenters. The van der Waals surface area contributed by atoms with Crippen LogP contribution in [0.25, 0.3) is 0 Å². The summed E-state index contributed by atoms with van der Waals surface area (Å²) in [5.41, 5.74) is 1.14. The highest BCUT2D eigenvalue weighted by molar-refractivity contribution is 6.21. The second-order valence-electron chi connectivity index (χ2n) is 4.16. The average Bonchev–Trinajstić information content (AvgIpc) is 2.40. The molecular weight excluding hydrogens is 239 g/mol. The summed E-state index contributed by atoms with van der Waals surface area (Å²) in [6.45, 7) is 0. The Bertz CT molecular complexity index is 372. The first-order chi connectivity index (χ1) is 7.79. The Balaban J connectivity index is 2.18. The van der Waals surface area contributed by atoms with Crippen LogP contribution < -0.4 is 0 Å². The van der Waals surface area contributed by atoms with E-state index in [2.05, 4.69) is 48.6 Å². The third kappa shape index (κ3) is 2.34. The Kier molecular flexibility index (Phi) is 3.73. The van der Waals surface area contributed by atoms with Crippen molar-refractivity contribution in [3.63, 3.8) is 0 Å². The lowest BCUT2D eigenvalue weighted by molar-refractivity contribution is 0.625. The first-order valence-corrected chi connectivity index (χ1v) is 6.42. The first kappa shape index (κ1) is 11.8. The van der Waals surface area contributed by atoms with Crippen molar-refractivity contribution in [3.8, 4) is 0 Å². The van der Waals surface area contributed by atoms with E-state index in [0.29, 0.717) is 17.7 Å². The van der Waals surface area contributed by atoms with Crippen molar-refractivity contribution in [2.75, 3.05) is 11.8 Å². The highest BCUT2D eigenvalue weighted by Crippen LogP contribution is 2.33. The van der Waals surface area contributed by atoms with Gasteiger partial charge in [0.25, 0.3) is 0 Å². The normalized spacial score (nSPS) is 18.9. The smallest absolute Gasteiger partial charge is 0.0361 e. The van der Waals surface area contributed by atoms with Gasteiger partial charge in [0, 0.05) is 23.1 Å². The van der Waals surface area contributed by atoms with Gasteiger partial charge >= 0.3 is 0 Å². The molecule has 0 heterocycles. The Morgan fingerprint density at radius 1 is 0.938 bits per heavy atom. The number of hydrogen-bond acceptors (Lipinski definition) is 0. The molecule has 0 spiro atoms. The van der Waals surface area contributed by atoms with E-state index in [1.165, 1.54) is 5.56 Å². The van der Waals surface area contributed by atoms with Gasteiger partial charge in [-0.25, -0.2) is 0 Å². The van der Waals surface area contributed by atoms with Crippen LogP contribution in [0.3, 0.4) is 0 Å². The second-order valence-corrected chi connectivity index (χ2v) is 4.69. The molecule has 0 aromatic heterocycles. The molecule has 2 rings (SSSR count). The minimum atomic E-state index is -0.158. The Labute approximate surface area is 107 Å². The van der Waals surface area contributed by atoms with Crippen LogP contribution in [0.2, 0.25) is 0 Å². The van der Waals surface area contributed by atoms with Crippen LogP contribution >= 0.6 is 23.2 Å². The summed E-state index contributed by atoms with van der Waals surface area (Å²) in [6, 6.07) is 10.4. The molecule has 2 heteroatoms. The maximum Gasteiger partial charge on any atom is 0.0361 e. The van der Waals surface area contributed by atoms with Gasteiger partial charge in [-0.05, 0) is 5.56 Å². The molecule has 0 radical (unpaired) electrons. The van der Waals surface area contributed by atoms with E-state index in [1.54, 1.807) is 0 Å². The topological polar surface area (TPSA) is 0 Å². The molecule has 16 heavy (non-hydrogen) atoms. The van der Waals surface area contributed by atoms with E-state index in [4.69, 9.17) is 23.2 Å². The lowest BCUT2D eigenvalue weighted by Gasteiger charge is -2.26. The molecule has 0 aliphatic heterocycles.